The summed E-state index contributed by atoms with van der Waals surface area (Å²) >= 11 is 0. The SMILES string of the molecule is C[C@@H](NC(=O)C12CCC(NC(=O)OCC3c4ccccc4-c4ccccc43)(CC1)CC2)C(=O)O. The number of hydrogen-bond donors (Lipinski definition) is 3. The number of hydrogen-bond acceptors (Lipinski definition) is 4. The summed E-state index contributed by atoms with van der Waals surface area (Å²) < 4.78 is 5.74. The molecule has 0 heterocycles. The predicted octanol–water partition coefficient (Wildman–Crippen LogP) is 4.21. The van der Waals surface area contributed by atoms with Crippen LogP contribution in [0.15, 0.2) is 48.5 Å². The van der Waals surface area contributed by atoms with Crippen LogP contribution in [0.4, 0.5) is 4.79 Å². The van der Waals surface area contributed by atoms with Crippen molar-refractivity contribution in [3.05, 3.63) is 59.7 Å². The summed E-state index contributed by atoms with van der Waals surface area (Å²) in [4.78, 5) is 36.7. The Morgan fingerprint density at radius 3 is 2.00 bits per heavy atom. The Bertz CT molecular complexity index is 1070. The van der Waals surface area contributed by atoms with E-state index in [0.29, 0.717) is 38.5 Å². The van der Waals surface area contributed by atoms with Crippen LogP contribution in [0.2, 0.25) is 0 Å². The molecule has 0 unspecified atom stereocenters. The maximum absolute atomic E-state index is 12.8. The maximum Gasteiger partial charge on any atom is 0.407 e. The van der Waals surface area contributed by atoms with Gasteiger partial charge in [0.15, 0.2) is 0 Å². The zero-order valence-electron chi connectivity index (χ0n) is 19.3. The minimum Gasteiger partial charge on any atom is -0.480 e. The molecule has 1 atom stereocenters. The smallest absolute Gasteiger partial charge is 0.407 e. The van der Waals surface area contributed by atoms with Gasteiger partial charge in [-0.1, -0.05) is 48.5 Å². The van der Waals surface area contributed by atoms with Gasteiger partial charge >= 0.3 is 12.1 Å². The van der Waals surface area contributed by atoms with Crippen molar-refractivity contribution in [2.45, 2.75) is 62.9 Å². The topological polar surface area (TPSA) is 105 Å². The number of nitrogens with one attached hydrogen (secondary N) is 2. The van der Waals surface area contributed by atoms with Crippen molar-refractivity contribution in [1.29, 1.82) is 0 Å². The van der Waals surface area contributed by atoms with Crippen LogP contribution in [0.1, 0.15) is 62.5 Å². The van der Waals surface area contributed by atoms with Gasteiger partial charge in [-0.05, 0) is 67.7 Å². The molecule has 3 saturated carbocycles. The summed E-state index contributed by atoms with van der Waals surface area (Å²) in [5.41, 5.74) is 3.85. The average Bonchev–Trinajstić information content (AvgIpc) is 3.17. The van der Waals surface area contributed by atoms with Crippen LogP contribution in [-0.4, -0.2) is 41.3 Å². The van der Waals surface area contributed by atoms with E-state index in [0.717, 1.165) is 0 Å². The first-order valence-corrected chi connectivity index (χ1v) is 12.0. The van der Waals surface area contributed by atoms with Crippen LogP contribution in [0.5, 0.6) is 0 Å². The lowest BCUT2D eigenvalue weighted by Gasteiger charge is -2.52. The van der Waals surface area contributed by atoms with Crippen LogP contribution >= 0.6 is 0 Å². The highest BCUT2D eigenvalue weighted by Gasteiger charge is 2.53. The van der Waals surface area contributed by atoms with E-state index < -0.39 is 23.5 Å². The van der Waals surface area contributed by atoms with Crippen molar-refractivity contribution < 1.29 is 24.2 Å². The molecule has 3 fully saturated rings. The molecule has 34 heavy (non-hydrogen) atoms. The minimum absolute atomic E-state index is 0.0148. The monoisotopic (exact) mass is 462 g/mol. The molecule has 7 nitrogen and oxygen atoms in total. The second-order valence-corrected chi connectivity index (χ2v) is 10.0. The molecule has 6 rings (SSSR count). The first kappa shape index (κ1) is 22.4. The molecule has 0 spiro atoms. The summed E-state index contributed by atoms with van der Waals surface area (Å²) in [5.74, 6) is -1.21. The van der Waals surface area contributed by atoms with E-state index in [1.807, 2.05) is 24.3 Å². The van der Waals surface area contributed by atoms with Gasteiger partial charge in [-0.2, -0.15) is 0 Å². The highest BCUT2D eigenvalue weighted by molar-refractivity contribution is 5.87. The number of fused-ring (bicyclic) bond motifs is 6. The minimum atomic E-state index is -1.04. The molecule has 2 aromatic rings. The molecular formula is C27H30N2O5. The number of alkyl carbamates (subject to hydrolysis) is 1. The molecule has 2 amide bonds. The molecular weight excluding hydrogens is 432 g/mol. The van der Waals surface area contributed by atoms with Crippen molar-refractivity contribution in [3.8, 4) is 11.1 Å². The van der Waals surface area contributed by atoms with Gasteiger partial charge in [0.1, 0.15) is 12.6 Å². The van der Waals surface area contributed by atoms with Crippen molar-refractivity contribution >= 4 is 18.0 Å². The van der Waals surface area contributed by atoms with E-state index in [9.17, 15) is 14.4 Å². The fourth-order valence-electron chi connectivity index (χ4n) is 5.98. The molecule has 0 aromatic heterocycles. The third-order valence-electron chi connectivity index (χ3n) is 8.16. The fraction of sp³-hybridized carbons (Fsp3) is 0.444. The first-order valence-electron chi connectivity index (χ1n) is 12.0. The average molecular weight is 463 g/mol. The maximum atomic E-state index is 12.8. The summed E-state index contributed by atoms with van der Waals surface area (Å²) in [6.45, 7) is 1.75. The van der Waals surface area contributed by atoms with Crippen molar-refractivity contribution in [2.75, 3.05) is 6.61 Å². The lowest BCUT2D eigenvalue weighted by Crippen LogP contribution is -2.60. The van der Waals surface area contributed by atoms with E-state index >= 15 is 0 Å². The Kier molecular flexibility index (Phi) is 5.58. The molecule has 4 aliphatic carbocycles. The number of aliphatic carboxylic acids is 1. The normalized spacial score (nSPS) is 25.7. The lowest BCUT2D eigenvalue weighted by atomic mass is 9.57. The summed E-state index contributed by atoms with van der Waals surface area (Å²) in [7, 11) is 0. The second-order valence-electron chi connectivity index (χ2n) is 10.0. The highest BCUT2D eigenvalue weighted by atomic mass is 16.5. The van der Waals surface area contributed by atoms with Gasteiger partial charge in [0.25, 0.3) is 0 Å². The van der Waals surface area contributed by atoms with Gasteiger partial charge in [0, 0.05) is 16.9 Å². The molecule has 178 valence electrons. The van der Waals surface area contributed by atoms with Crippen LogP contribution < -0.4 is 10.6 Å². The molecule has 0 radical (unpaired) electrons. The van der Waals surface area contributed by atoms with E-state index in [-0.39, 0.29) is 24.0 Å². The van der Waals surface area contributed by atoms with Gasteiger partial charge in [0.2, 0.25) is 5.91 Å². The van der Waals surface area contributed by atoms with Gasteiger partial charge < -0.3 is 20.5 Å². The fourth-order valence-corrected chi connectivity index (χ4v) is 5.98. The van der Waals surface area contributed by atoms with Crippen LogP contribution in [0.3, 0.4) is 0 Å². The summed E-state index contributed by atoms with van der Waals surface area (Å²) in [6.07, 6.45) is 3.54. The van der Waals surface area contributed by atoms with E-state index in [2.05, 4.69) is 34.9 Å². The van der Waals surface area contributed by atoms with Gasteiger partial charge in [-0.25, -0.2) is 4.79 Å². The molecule has 7 heteroatoms. The van der Waals surface area contributed by atoms with Crippen molar-refractivity contribution in [2.24, 2.45) is 5.41 Å². The Balaban J connectivity index is 1.20. The van der Waals surface area contributed by atoms with Gasteiger partial charge in [-0.15, -0.1) is 0 Å². The Morgan fingerprint density at radius 2 is 1.47 bits per heavy atom. The summed E-state index contributed by atoms with van der Waals surface area (Å²) in [5, 5.41) is 14.9. The molecule has 2 bridgehead atoms. The van der Waals surface area contributed by atoms with Crippen LogP contribution in [0.25, 0.3) is 11.1 Å². The number of rotatable bonds is 6. The predicted molar refractivity (Wildman–Crippen MR) is 126 cm³/mol. The number of carbonyl (C=O) groups is 3. The molecule has 4 aliphatic rings. The van der Waals surface area contributed by atoms with Crippen molar-refractivity contribution in [3.63, 3.8) is 0 Å². The zero-order valence-corrected chi connectivity index (χ0v) is 19.3. The van der Waals surface area contributed by atoms with Crippen LogP contribution in [-0.2, 0) is 14.3 Å². The zero-order chi connectivity index (χ0) is 23.9. The van der Waals surface area contributed by atoms with Crippen LogP contribution in [0, 0.1) is 5.41 Å². The molecule has 2 aromatic carbocycles. The molecule has 3 N–H and O–H groups in total. The van der Waals surface area contributed by atoms with E-state index in [1.165, 1.54) is 29.2 Å². The van der Waals surface area contributed by atoms with E-state index in [1.54, 1.807) is 0 Å². The number of ether oxygens (including phenoxy) is 1. The van der Waals surface area contributed by atoms with Gasteiger partial charge in [0.05, 0.1) is 0 Å². The molecule has 0 aliphatic heterocycles. The number of benzene rings is 2. The summed E-state index contributed by atoms with van der Waals surface area (Å²) in [6, 6.07) is 15.6. The number of amides is 2. The second kappa shape index (κ2) is 8.46. The highest BCUT2D eigenvalue weighted by Crippen LogP contribution is 2.52. The standard InChI is InChI=1S/C27H30N2O5/c1-17(23(30)31)28-24(32)26-10-13-27(14-11-26,15-12-26)29-25(33)34-16-22-20-8-4-2-6-18(20)19-7-3-5-9-21(19)22/h2-9,17,22H,10-16H2,1H3,(H,28,32)(H,29,33)(H,30,31)/t17-,26?,27?/m1/s1. The largest absolute Gasteiger partial charge is 0.480 e. The lowest BCUT2D eigenvalue weighted by molar-refractivity contribution is -0.146. The molecule has 0 saturated heterocycles. The quantitative estimate of drug-likeness (QED) is 0.597. The van der Waals surface area contributed by atoms with E-state index in [4.69, 9.17) is 9.84 Å². The number of carbonyl (C=O) groups excluding carboxylic acids is 2. The first-order chi connectivity index (χ1) is 16.3. The Labute approximate surface area is 198 Å². The Morgan fingerprint density at radius 1 is 0.941 bits per heavy atom. The third kappa shape index (κ3) is 3.83. The van der Waals surface area contributed by atoms with Crippen molar-refractivity contribution in [1.82, 2.24) is 10.6 Å². The Hall–Kier alpha value is -3.35. The van der Waals surface area contributed by atoms with Gasteiger partial charge in [-0.3, -0.25) is 9.59 Å². The third-order valence-corrected chi connectivity index (χ3v) is 8.16. The number of carboxylic acids is 1. The number of carboxylic acid groups (broad SMARTS) is 1.